The average molecular weight is 501 g/mol. The number of nitrogens with zero attached hydrogens (tertiary/aromatic N) is 2. The molecule has 0 saturated heterocycles. The molecule has 0 amide bonds. The van der Waals surface area contributed by atoms with Gasteiger partial charge in [-0.1, -0.05) is 98.9 Å². The molecule has 0 spiro atoms. The van der Waals surface area contributed by atoms with E-state index < -0.39 is 0 Å². The van der Waals surface area contributed by atoms with Crippen molar-refractivity contribution in [3.05, 3.63) is 133 Å². The van der Waals surface area contributed by atoms with Crippen LogP contribution in [0.4, 0.5) is 11.4 Å². The van der Waals surface area contributed by atoms with Gasteiger partial charge in [-0.3, -0.25) is 0 Å². The monoisotopic (exact) mass is 500 g/mol. The summed E-state index contributed by atoms with van der Waals surface area (Å²) in [5.74, 6) is 0. The lowest BCUT2D eigenvalue weighted by atomic mass is 10.2. The molecular weight excluding hydrogens is 448 g/mol. The van der Waals surface area contributed by atoms with Gasteiger partial charge in [-0.25, -0.2) is 0 Å². The Morgan fingerprint density at radius 2 is 1.14 bits per heavy atom. The van der Waals surface area contributed by atoms with Crippen LogP contribution in [-0.4, -0.2) is 13.1 Å². The Kier molecular flexibility index (Phi) is 24.6. The van der Waals surface area contributed by atoms with Gasteiger partial charge in [0.1, 0.15) is 0 Å². The molecule has 0 fully saturated rings. The number of allylic oxidation sites excluding steroid dienone is 8. The fourth-order valence-electron chi connectivity index (χ4n) is 3.04. The smallest absolute Gasteiger partial charge is 0.0413 e. The van der Waals surface area contributed by atoms with E-state index in [0.29, 0.717) is 0 Å². The van der Waals surface area contributed by atoms with Crippen LogP contribution in [0.2, 0.25) is 0 Å². The zero-order valence-electron chi connectivity index (χ0n) is 25.0. The first-order valence-electron chi connectivity index (χ1n) is 13.4. The Labute approximate surface area is 229 Å². The van der Waals surface area contributed by atoms with E-state index in [9.17, 15) is 0 Å². The molecule has 0 aliphatic carbocycles. The predicted molar refractivity (Wildman–Crippen MR) is 172 cm³/mol. The van der Waals surface area contributed by atoms with E-state index in [1.165, 1.54) is 22.8 Å². The van der Waals surface area contributed by atoms with Gasteiger partial charge in [-0.05, 0) is 78.8 Å². The Balaban J connectivity index is 0. The second kappa shape index (κ2) is 25.6. The quantitative estimate of drug-likeness (QED) is 0.249. The molecule has 2 heteroatoms. The summed E-state index contributed by atoms with van der Waals surface area (Å²) in [6.45, 7) is 23.8. The number of hydrogen-bond donors (Lipinski definition) is 0. The van der Waals surface area contributed by atoms with Gasteiger partial charge >= 0.3 is 0 Å². The third kappa shape index (κ3) is 16.0. The zero-order chi connectivity index (χ0) is 28.3. The van der Waals surface area contributed by atoms with Crippen molar-refractivity contribution in [2.24, 2.45) is 0 Å². The first-order chi connectivity index (χ1) is 18.0. The minimum atomic E-state index is 0.847. The molecule has 0 aliphatic heterocycles. The standard InChI is InChI=1S/C16H21N.C13H17N.C4H8.C2H6/c1-4-7-14-17(15(6-3)11-5-2)16-12-9-8-10-13-16;1-4-11-14(12(3)5-2)13-9-7-6-8-10-13;1-3-4-2;1-2/h4-13H,14H2,1-3H3;4-10H,1,11H2,2-3H3;3-4H,1-2H3;1-2H3/b7-4-,11-5-,15-6+;12-5+;4-3-;. The second-order valence-electron chi connectivity index (χ2n) is 7.56. The molecule has 0 N–H and O–H groups in total. The van der Waals surface area contributed by atoms with Crippen molar-refractivity contribution in [3.63, 3.8) is 0 Å². The van der Waals surface area contributed by atoms with E-state index in [1.807, 2.05) is 91.0 Å². The van der Waals surface area contributed by atoms with Gasteiger partial charge in [0.25, 0.3) is 0 Å². The Morgan fingerprint density at radius 1 is 0.649 bits per heavy atom. The van der Waals surface area contributed by atoms with Gasteiger partial charge in [-0.2, -0.15) is 0 Å². The van der Waals surface area contributed by atoms with Crippen molar-refractivity contribution in [2.75, 3.05) is 22.9 Å². The van der Waals surface area contributed by atoms with Crippen LogP contribution < -0.4 is 9.80 Å². The fourth-order valence-corrected chi connectivity index (χ4v) is 3.04. The van der Waals surface area contributed by atoms with E-state index in [0.717, 1.165) is 13.1 Å². The molecular formula is C35H52N2. The molecule has 0 aliphatic rings. The van der Waals surface area contributed by atoms with Crippen molar-refractivity contribution in [3.8, 4) is 0 Å². The molecule has 0 heterocycles. The molecule has 0 unspecified atom stereocenters. The molecule has 202 valence electrons. The van der Waals surface area contributed by atoms with Gasteiger partial charge in [-0.15, -0.1) is 6.58 Å². The first kappa shape index (κ1) is 35.6. The van der Waals surface area contributed by atoms with Crippen LogP contribution in [0.1, 0.15) is 62.3 Å². The zero-order valence-corrected chi connectivity index (χ0v) is 25.0. The number of rotatable bonds is 9. The fraction of sp³-hybridized carbons (Fsp3) is 0.314. The summed E-state index contributed by atoms with van der Waals surface area (Å²) in [5, 5.41) is 0. The number of para-hydroxylation sites is 2. The molecule has 0 atom stereocenters. The van der Waals surface area contributed by atoms with Crippen LogP contribution in [0.5, 0.6) is 0 Å². The number of hydrogen-bond acceptors (Lipinski definition) is 2. The van der Waals surface area contributed by atoms with Crippen LogP contribution in [0.15, 0.2) is 133 Å². The van der Waals surface area contributed by atoms with Crippen molar-refractivity contribution in [1.82, 2.24) is 0 Å². The van der Waals surface area contributed by atoms with Gasteiger partial charge < -0.3 is 9.80 Å². The lowest BCUT2D eigenvalue weighted by Gasteiger charge is -2.24. The Hall–Kier alpha value is -3.52. The lowest BCUT2D eigenvalue weighted by Crippen LogP contribution is -2.21. The van der Waals surface area contributed by atoms with E-state index >= 15 is 0 Å². The largest absolute Gasteiger partial charge is 0.342 e. The predicted octanol–water partition coefficient (Wildman–Crippen LogP) is 10.8. The normalized spacial score (nSPS) is 11.2. The molecule has 37 heavy (non-hydrogen) atoms. The van der Waals surface area contributed by atoms with Crippen molar-refractivity contribution in [2.45, 2.75) is 62.3 Å². The lowest BCUT2D eigenvalue weighted by molar-refractivity contribution is 1.00. The topological polar surface area (TPSA) is 6.48 Å². The Morgan fingerprint density at radius 3 is 1.49 bits per heavy atom. The summed E-state index contributed by atoms with van der Waals surface area (Å²) in [6.07, 6.45) is 18.6. The molecule has 0 aromatic heterocycles. The van der Waals surface area contributed by atoms with Crippen LogP contribution in [0.25, 0.3) is 0 Å². The van der Waals surface area contributed by atoms with Crippen LogP contribution in [0.3, 0.4) is 0 Å². The van der Waals surface area contributed by atoms with Gasteiger partial charge in [0, 0.05) is 35.9 Å². The summed E-state index contributed by atoms with van der Waals surface area (Å²) < 4.78 is 0. The number of benzene rings is 2. The number of anilines is 2. The second-order valence-corrected chi connectivity index (χ2v) is 7.56. The van der Waals surface area contributed by atoms with E-state index in [2.05, 4.69) is 103 Å². The maximum absolute atomic E-state index is 3.77. The average Bonchev–Trinajstić information content (AvgIpc) is 2.97. The van der Waals surface area contributed by atoms with Gasteiger partial charge in [0.2, 0.25) is 0 Å². The van der Waals surface area contributed by atoms with Crippen LogP contribution >= 0.6 is 0 Å². The van der Waals surface area contributed by atoms with E-state index in [4.69, 9.17) is 0 Å². The molecule has 2 rings (SSSR count). The van der Waals surface area contributed by atoms with Crippen LogP contribution in [-0.2, 0) is 0 Å². The maximum atomic E-state index is 3.77. The first-order valence-corrected chi connectivity index (χ1v) is 13.4. The van der Waals surface area contributed by atoms with Crippen molar-refractivity contribution in [1.29, 1.82) is 0 Å². The molecule has 0 saturated carbocycles. The summed E-state index contributed by atoms with van der Waals surface area (Å²) >= 11 is 0. The van der Waals surface area contributed by atoms with E-state index in [-0.39, 0.29) is 0 Å². The summed E-state index contributed by atoms with van der Waals surface area (Å²) in [7, 11) is 0. The molecule has 2 aromatic rings. The third-order valence-electron chi connectivity index (χ3n) is 5.09. The minimum Gasteiger partial charge on any atom is -0.342 e. The van der Waals surface area contributed by atoms with Crippen molar-refractivity contribution >= 4 is 11.4 Å². The highest BCUT2D eigenvalue weighted by Gasteiger charge is 2.06. The maximum Gasteiger partial charge on any atom is 0.0413 e. The molecule has 2 nitrogen and oxygen atoms in total. The minimum absolute atomic E-state index is 0.847. The SMILES string of the molecule is C/C=C\C.C/C=C\CN(C(/C=C\C)=C/C)c1ccccc1.C=CCN(/C(C)=C/C)c1ccccc1.CC. The Bertz CT molecular complexity index is 928. The highest BCUT2D eigenvalue weighted by atomic mass is 15.1. The van der Waals surface area contributed by atoms with E-state index in [1.54, 1.807) is 0 Å². The summed E-state index contributed by atoms with van der Waals surface area (Å²) in [6, 6.07) is 20.8. The van der Waals surface area contributed by atoms with Crippen LogP contribution in [0, 0.1) is 0 Å². The molecule has 2 aromatic carbocycles. The molecule has 0 bridgehead atoms. The van der Waals surface area contributed by atoms with Gasteiger partial charge in [0.05, 0.1) is 0 Å². The summed E-state index contributed by atoms with van der Waals surface area (Å²) in [5.41, 5.74) is 4.90. The molecule has 0 radical (unpaired) electrons. The highest BCUT2D eigenvalue weighted by Crippen LogP contribution is 2.20. The summed E-state index contributed by atoms with van der Waals surface area (Å²) in [4.78, 5) is 4.52. The van der Waals surface area contributed by atoms with Gasteiger partial charge in [0.15, 0.2) is 0 Å². The van der Waals surface area contributed by atoms with Crippen molar-refractivity contribution < 1.29 is 0 Å². The highest BCUT2D eigenvalue weighted by molar-refractivity contribution is 5.55. The third-order valence-corrected chi connectivity index (χ3v) is 5.09.